The normalized spacial score (nSPS) is 22.3. The lowest BCUT2D eigenvalue weighted by atomic mass is 9.95. The van der Waals surface area contributed by atoms with E-state index < -0.39 is 17.6 Å². The summed E-state index contributed by atoms with van der Waals surface area (Å²) in [6, 6.07) is 7.56. The second-order valence-corrected chi connectivity index (χ2v) is 7.14. The molecule has 0 aliphatic carbocycles. The summed E-state index contributed by atoms with van der Waals surface area (Å²) in [5.74, 6) is 0.00632. The van der Waals surface area contributed by atoms with E-state index in [-0.39, 0.29) is 18.5 Å². The lowest BCUT2D eigenvalue weighted by molar-refractivity contribution is -0.142. The van der Waals surface area contributed by atoms with Crippen LogP contribution < -0.4 is 4.74 Å². The number of carbonyl (C=O) groups is 3. The fourth-order valence-electron chi connectivity index (χ4n) is 3.51. The van der Waals surface area contributed by atoms with Crippen molar-refractivity contribution in [2.24, 2.45) is 0 Å². The largest absolute Gasteiger partial charge is 0.497 e. The summed E-state index contributed by atoms with van der Waals surface area (Å²) >= 11 is 0. The number of nitrogens with zero attached hydrogens (tertiary/aromatic N) is 2. The molecule has 0 spiro atoms. The van der Waals surface area contributed by atoms with E-state index in [9.17, 15) is 14.4 Å². The molecule has 2 aliphatic heterocycles. The number of imide groups is 1. The molecule has 3 rings (SSSR count). The van der Waals surface area contributed by atoms with Crippen LogP contribution in [0.3, 0.4) is 0 Å². The summed E-state index contributed by atoms with van der Waals surface area (Å²) < 4.78 is 10.3. The molecule has 7 nitrogen and oxygen atoms in total. The summed E-state index contributed by atoms with van der Waals surface area (Å²) in [5, 5.41) is 0. The van der Waals surface area contributed by atoms with Gasteiger partial charge in [-0.05, 0) is 50.8 Å². The average molecular weight is 360 g/mol. The summed E-state index contributed by atoms with van der Waals surface area (Å²) in [6.07, 6.45) is 1.99. The van der Waals surface area contributed by atoms with Gasteiger partial charge in [0.1, 0.15) is 12.3 Å². The van der Waals surface area contributed by atoms with Crippen molar-refractivity contribution in [2.75, 3.05) is 20.2 Å². The molecule has 26 heavy (non-hydrogen) atoms. The molecule has 0 saturated carbocycles. The zero-order chi connectivity index (χ0) is 18.9. The van der Waals surface area contributed by atoms with Crippen molar-refractivity contribution in [3.8, 4) is 5.75 Å². The van der Waals surface area contributed by atoms with Crippen LogP contribution in [0.5, 0.6) is 5.75 Å². The first-order chi connectivity index (χ1) is 12.3. The van der Waals surface area contributed by atoms with Gasteiger partial charge in [0.2, 0.25) is 5.91 Å². The summed E-state index contributed by atoms with van der Waals surface area (Å²) in [6.45, 7) is 3.36. The first kappa shape index (κ1) is 18.2. The highest BCUT2D eigenvalue weighted by molar-refractivity contribution is 6.04. The van der Waals surface area contributed by atoms with E-state index in [0.717, 1.165) is 35.5 Å². The van der Waals surface area contributed by atoms with E-state index in [4.69, 9.17) is 9.47 Å². The van der Waals surface area contributed by atoms with E-state index in [1.165, 1.54) is 13.8 Å². The van der Waals surface area contributed by atoms with Crippen LogP contribution in [0.2, 0.25) is 0 Å². The van der Waals surface area contributed by atoms with Gasteiger partial charge in [-0.2, -0.15) is 0 Å². The third kappa shape index (κ3) is 3.38. The third-order valence-corrected chi connectivity index (χ3v) is 4.92. The van der Waals surface area contributed by atoms with Crippen LogP contribution in [0.15, 0.2) is 24.3 Å². The molecular formula is C19H24N2O5. The average Bonchev–Trinajstić information content (AvgIpc) is 2.83. The van der Waals surface area contributed by atoms with Crippen molar-refractivity contribution < 1.29 is 23.9 Å². The fourth-order valence-corrected chi connectivity index (χ4v) is 3.51. The number of hydrogen-bond donors (Lipinski definition) is 0. The zero-order valence-electron chi connectivity index (χ0n) is 15.4. The van der Waals surface area contributed by atoms with Crippen LogP contribution in [0.25, 0.3) is 0 Å². The number of cyclic esters (lactones) is 1. The van der Waals surface area contributed by atoms with Gasteiger partial charge in [-0.1, -0.05) is 12.1 Å². The van der Waals surface area contributed by atoms with Crippen molar-refractivity contribution in [3.63, 3.8) is 0 Å². The molecule has 0 aromatic heterocycles. The Morgan fingerprint density at radius 3 is 2.73 bits per heavy atom. The lowest BCUT2D eigenvalue weighted by Crippen LogP contribution is -2.46. The van der Waals surface area contributed by atoms with E-state index in [1.54, 1.807) is 12.0 Å². The number of methoxy groups -OCH3 is 1. The molecule has 3 amide bonds. The van der Waals surface area contributed by atoms with Gasteiger partial charge in [0.15, 0.2) is 5.60 Å². The van der Waals surface area contributed by atoms with Gasteiger partial charge in [-0.25, -0.2) is 9.69 Å². The molecule has 0 N–H and O–H groups in total. The van der Waals surface area contributed by atoms with Gasteiger partial charge < -0.3 is 14.4 Å². The van der Waals surface area contributed by atoms with Gasteiger partial charge in [-0.3, -0.25) is 9.59 Å². The maximum atomic E-state index is 12.9. The molecule has 0 radical (unpaired) electrons. The molecule has 1 atom stereocenters. The standard InChI is InChI=1S/C19H24N2O5/c1-19(2)17(23)21(18(24)26-19)12-16(22)20-10-5-4-9-15(20)13-7-6-8-14(11-13)25-3/h6-8,11,15H,4-5,9-10,12H2,1-3H3. The first-order valence-electron chi connectivity index (χ1n) is 8.82. The Morgan fingerprint density at radius 1 is 1.31 bits per heavy atom. The van der Waals surface area contributed by atoms with E-state index in [2.05, 4.69) is 0 Å². The Balaban J connectivity index is 1.78. The van der Waals surface area contributed by atoms with Crippen LogP contribution >= 0.6 is 0 Å². The quantitative estimate of drug-likeness (QED) is 0.825. The predicted molar refractivity (Wildman–Crippen MR) is 93.6 cm³/mol. The van der Waals surface area contributed by atoms with E-state index >= 15 is 0 Å². The molecular weight excluding hydrogens is 336 g/mol. The number of amides is 3. The van der Waals surface area contributed by atoms with Gasteiger partial charge in [0.25, 0.3) is 5.91 Å². The maximum Gasteiger partial charge on any atom is 0.418 e. The molecule has 2 saturated heterocycles. The molecule has 7 heteroatoms. The third-order valence-electron chi connectivity index (χ3n) is 4.92. The Bertz CT molecular complexity index is 730. The van der Waals surface area contributed by atoms with Crippen molar-refractivity contribution in [1.82, 2.24) is 9.80 Å². The summed E-state index contributed by atoms with van der Waals surface area (Å²) in [5.41, 5.74) is -0.223. The fraction of sp³-hybridized carbons (Fsp3) is 0.526. The summed E-state index contributed by atoms with van der Waals surface area (Å²) in [7, 11) is 1.61. The Kier molecular flexibility index (Phi) is 4.89. The number of rotatable bonds is 4. The molecule has 1 aromatic carbocycles. The van der Waals surface area contributed by atoms with Crippen molar-refractivity contribution in [2.45, 2.75) is 44.8 Å². The molecule has 0 bridgehead atoms. The molecule has 2 fully saturated rings. The minimum atomic E-state index is -1.22. The highest BCUT2D eigenvalue weighted by Gasteiger charge is 2.48. The minimum Gasteiger partial charge on any atom is -0.497 e. The van der Waals surface area contributed by atoms with Gasteiger partial charge in [0.05, 0.1) is 13.2 Å². The molecule has 140 valence electrons. The Labute approximate surface area is 152 Å². The number of likely N-dealkylation sites (tertiary alicyclic amines) is 1. The molecule has 1 aromatic rings. The minimum absolute atomic E-state index is 0.0897. The van der Waals surface area contributed by atoms with Crippen LogP contribution in [-0.4, -0.2) is 53.5 Å². The highest BCUT2D eigenvalue weighted by atomic mass is 16.6. The number of ether oxygens (including phenoxy) is 2. The van der Waals surface area contributed by atoms with Crippen molar-refractivity contribution >= 4 is 17.9 Å². The predicted octanol–water partition coefficient (Wildman–Crippen LogP) is 2.51. The van der Waals surface area contributed by atoms with Crippen LogP contribution in [0, 0.1) is 0 Å². The molecule has 1 unspecified atom stereocenters. The van der Waals surface area contributed by atoms with Gasteiger partial charge in [0, 0.05) is 6.54 Å². The SMILES string of the molecule is COc1cccc(C2CCCCN2C(=O)CN2C(=O)OC(C)(C)C2=O)c1. The highest BCUT2D eigenvalue weighted by Crippen LogP contribution is 2.33. The van der Waals surface area contributed by atoms with Crippen molar-refractivity contribution in [1.29, 1.82) is 0 Å². The van der Waals surface area contributed by atoms with Crippen LogP contribution in [0.1, 0.15) is 44.7 Å². The number of benzene rings is 1. The second kappa shape index (κ2) is 6.97. The Morgan fingerprint density at radius 2 is 2.08 bits per heavy atom. The van der Waals surface area contributed by atoms with Gasteiger partial charge in [-0.15, -0.1) is 0 Å². The topological polar surface area (TPSA) is 76.2 Å². The van der Waals surface area contributed by atoms with E-state index in [1.807, 2.05) is 24.3 Å². The van der Waals surface area contributed by atoms with Crippen molar-refractivity contribution in [3.05, 3.63) is 29.8 Å². The van der Waals surface area contributed by atoms with Crippen LogP contribution in [0.4, 0.5) is 4.79 Å². The zero-order valence-corrected chi connectivity index (χ0v) is 15.4. The number of hydrogen-bond acceptors (Lipinski definition) is 5. The lowest BCUT2D eigenvalue weighted by Gasteiger charge is -2.36. The maximum absolute atomic E-state index is 12.9. The van der Waals surface area contributed by atoms with E-state index in [0.29, 0.717) is 6.54 Å². The first-order valence-corrected chi connectivity index (χ1v) is 8.82. The molecule has 2 aliphatic rings. The second-order valence-electron chi connectivity index (χ2n) is 7.14. The summed E-state index contributed by atoms with van der Waals surface area (Å²) in [4.78, 5) is 39.8. The smallest absolute Gasteiger partial charge is 0.418 e. The van der Waals surface area contributed by atoms with Crippen LogP contribution in [-0.2, 0) is 14.3 Å². The number of carbonyl (C=O) groups excluding carboxylic acids is 3. The monoisotopic (exact) mass is 360 g/mol. The molecule has 2 heterocycles. The van der Waals surface area contributed by atoms with Gasteiger partial charge >= 0.3 is 6.09 Å². The number of piperidine rings is 1. The Hall–Kier alpha value is -2.57.